The fraction of sp³-hybridized carbons (Fsp3) is 0.708. The molecule has 0 atom stereocenters. The smallest absolute Gasteiger partial charge is 0.258 e. The van der Waals surface area contributed by atoms with E-state index < -0.39 is 13.9 Å². The molecule has 29 heavy (non-hydrogen) atoms. The number of aliphatic hydroxyl groups is 1. The van der Waals surface area contributed by atoms with Crippen LogP contribution in [0.15, 0.2) is 17.1 Å². The second-order valence-corrected chi connectivity index (χ2v) is 16.2. The third-order valence-corrected chi connectivity index (χ3v) is 11.9. The molecular formula is C24H43NO3Si. The molecule has 2 N–H and O–H groups in total. The van der Waals surface area contributed by atoms with E-state index in [2.05, 4.69) is 67.3 Å². The van der Waals surface area contributed by atoms with Crippen LogP contribution in [0.1, 0.15) is 87.3 Å². The summed E-state index contributed by atoms with van der Waals surface area (Å²) in [5.74, 6) is 1.03. The van der Waals surface area contributed by atoms with Gasteiger partial charge < -0.3 is 14.6 Å². The van der Waals surface area contributed by atoms with Crippen LogP contribution in [0.2, 0.25) is 16.6 Å². The number of hydrogen-bond donors (Lipinski definition) is 2. The van der Waals surface area contributed by atoms with E-state index >= 15 is 0 Å². The van der Waals surface area contributed by atoms with Crippen LogP contribution >= 0.6 is 0 Å². The minimum Gasteiger partial charge on any atom is -0.543 e. The summed E-state index contributed by atoms with van der Waals surface area (Å²) >= 11 is 0. The zero-order chi connectivity index (χ0) is 22.8. The summed E-state index contributed by atoms with van der Waals surface area (Å²) in [6, 6.07) is 3.90. The number of aliphatic imine (C=N–C) groups is 1. The lowest BCUT2D eigenvalue weighted by Gasteiger charge is -2.42. The SMILES string of the molecule is CC(C)[Si](Oc1cc(C=NC(C)(C)CO)c(O)c(C(C)(C)C)c1)(C(C)C)C(C)C. The van der Waals surface area contributed by atoms with Crippen molar-refractivity contribution in [2.24, 2.45) is 4.99 Å². The first-order valence-corrected chi connectivity index (χ1v) is 12.9. The number of phenols is 1. The third-order valence-electron chi connectivity index (χ3n) is 5.86. The summed E-state index contributed by atoms with van der Waals surface area (Å²) in [5, 5.41) is 20.5. The maximum Gasteiger partial charge on any atom is 0.258 e. The van der Waals surface area contributed by atoms with Gasteiger partial charge in [0.2, 0.25) is 0 Å². The molecule has 0 aliphatic rings. The first-order valence-electron chi connectivity index (χ1n) is 10.8. The molecule has 0 saturated carbocycles. The molecule has 0 unspecified atom stereocenters. The topological polar surface area (TPSA) is 62.0 Å². The summed E-state index contributed by atoms with van der Waals surface area (Å²) in [6.07, 6.45) is 1.66. The second-order valence-electron chi connectivity index (χ2n) is 10.8. The molecule has 0 spiro atoms. The molecule has 0 radical (unpaired) electrons. The van der Waals surface area contributed by atoms with E-state index in [1.54, 1.807) is 6.21 Å². The highest BCUT2D eigenvalue weighted by atomic mass is 28.4. The first-order chi connectivity index (χ1) is 13.1. The monoisotopic (exact) mass is 421 g/mol. The average molecular weight is 422 g/mol. The fourth-order valence-corrected chi connectivity index (χ4v) is 9.43. The van der Waals surface area contributed by atoms with E-state index in [1.165, 1.54) is 0 Å². The Morgan fingerprint density at radius 2 is 1.45 bits per heavy atom. The van der Waals surface area contributed by atoms with Crippen molar-refractivity contribution in [3.8, 4) is 11.5 Å². The molecule has 1 rings (SSSR count). The number of nitrogens with zero attached hydrogens (tertiary/aromatic N) is 1. The fourth-order valence-electron chi connectivity index (χ4n) is 4.20. The van der Waals surface area contributed by atoms with Gasteiger partial charge in [-0.05, 0) is 48.0 Å². The lowest BCUT2D eigenvalue weighted by molar-refractivity contribution is 0.223. The summed E-state index contributed by atoms with van der Waals surface area (Å²) < 4.78 is 6.89. The zero-order valence-corrected chi connectivity index (χ0v) is 21.4. The van der Waals surface area contributed by atoms with E-state index in [4.69, 9.17) is 4.43 Å². The van der Waals surface area contributed by atoms with E-state index in [0.717, 1.165) is 11.3 Å². The van der Waals surface area contributed by atoms with Crippen LogP contribution in [-0.4, -0.2) is 36.9 Å². The Bertz CT molecular complexity index is 694. The molecule has 1 aromatic carbocycles. The van der Waals surface area contributed by atoms with Crippen molar-refractivity contribution in [2.45, 2.75) is 104 Å². The number of hydrogen-bond acceptors (Lipinski definition) is 4. The Hall–Kier alpha value is -1.33. The molecule has 0 saturated heterocycles. The number of phenolic OH excluding ortho intramolecular Hbond substituents is 1. The van der Waals surface area contributed by atoms with E-state index in [1.807, 2.05) is 26.0 Å². The van der Waals surface area contributed by atoms with Gasteiger partial charge in [-0.25, -0.2) is 0 Å². The highest BCUT2D eigenvalue weighted by Crippen LogP contribution is 2.44. The van der Waals surface area contributed by atoms with Gasteiger partial charge in [-0.1, -0.05) is 62.3 Å². The normalized spacial score (nSPS) is 13.9. The van der Waals surface area contributed by atoms with Gasteiger partial charge in [-0.15, -0.1) is 0 Å². The van der Waals surface area contributed by atoms with Gasteiger partial charge >= 0.3 is 0 Å². The van der Waals surface area contributed by atoms with Crippen LogP contribution in [0.3, 0.4) is 0 Å². The Balaban J connectivity index is 3.64. The van der Waals surface area contributed by atoms with Gasteiger partial charge in [-0.2, -0.15) is 0 Å². The van der Waals surface area contributed by atoms with Crippen LogP contribution in [0.25, 0.3) is 0 Å². The van der Waals surface area contributed by atoms with Crippen molar-refractivity contribution in [3.05, 3.63) is 23.3 Å². The maximum absolute atomic E-state index is 10.9. The molecule has 0 aliphatic heterocycles. The quantitative estimate of drug-likeness (QED) is 0.375. The molecule has 5 heteroatoms. The standard InChI is InChI=1S/C24H43NO3Si/c1-16(2)29(17(3)4,18(5)6)28-20-12-19(14-25-24(10,11)15-26)22(27)21(13-20)23(7,8)9/h12-14,16-18,26-27H,15H2,1-11H3. The van der Waals surface area contributed by atoms with Gasteiger partial charge in [0.15, 0.2) is 0 Å². The average Bonchev–Trinajstić information content (AvgIpc) is 2.57. The highest BCUT2D eigenvalue weighted by molar-refractivity contribution is 6.78. The Morgan fingerprint density at radius 3 is 1.83 bits per heavy atom. The van der Waals surface area contributed by atoms with Crippen LogP contribution in [0.4, 0.5) is 0 Å². The number of rotatable bonds is 8. The summed E-state index contributed by atoms with van der Waals surface area (Å²) in [6.45, 7) is 23.5. The van der Waals surface area contributed by atoms with Crippen molar-refractivity contribution in [1.82, 2.24) is 0 Å². The van der Waals surface area contributed by atoms with Gasteiger partial charge in [-0.3, -0.25) is 4.99 Å². The maximum atomic E-state index is 10.9. The van der Waals surface area contributed by atoms with Gasteiger partial charge in [0.05, 0.1) is 12.1 Å². The van der Waals surface area contributed by atoms with Crippen molar-refractivity contribution in [1.29, 1.82) is 0 Å². The number of aromatic hydroxyl groups is 1. The largest absolute Gasteiger partial charge is 0.543 e. The molecule has 0 aliphatic carbocycles. The molecule has 0 amide bonds. The molecule has 166 valence electrons. The zero-order valence-electron chi connectivity index (χ0n) is 20.4. The minimum absolute atomic E-state index is 0.0589. The van der Waals surface area contributed by atoms with Crippen LogP contribution < -0.4 is 4.43 Å². The van der Waals surface area contributed by atoms with Crippen LogP contribution in [-0.2, 0) is 5.41 Å². The van der Waals surface area contributed by atoms with Crippen molar-refractivity contribution in [2.75, 3.05) is 6.61 Å². The predicted octanol–water partition coefficient (Wildman–Crippen LogP) is 6.43. The minimum atomic E-state index is -2.12. The molecule has 0 fully saturated rings. The van der Waals surface area contributed by atoms with E-state index in [0.29, 0.717) is 22.2 Å². The molecule has 0 aromatic heterocycles. The molecule has 1 aromatic rings. The molecule has 0 bridgehead atoms. The highest BCUT2D eigenvalue weighted by Gasteiger charge is 2.47. The van der Waals surface area contributed by atoms with Gasteiger partial charge in [0.25, 0.3) is 8.32 Å². The Kier molecular flexibility index (Phi) is 8.17. The predicted molar refractivity (Wildman–Crippen MR) is 127 cm³/mol. The van der Waals surface area contributed by atoms with Crippen molar-refractivity contribution in [3.63, 3.8) is 0 Å². The second kappa shape index (κ2) is 9.21. The molecule has 0 heterocycles. The van der Waals surface area contributed by atoms with Gasteiger partial charge in [0, 0.05) is 17.3 Å². The Labute approximate surface area is 179 Å². The van der Waals surface area contributed by atoms with E-state index in [9.17, 15) is 10.2 Å². The number of aliphatic hydroxyl groups excluding tert-OH is 1. The summed E-state index contributed by atoms with van der Waals surface area (Å²) in [4.78, 5) is 4.49. The van der Waals surface area contributed by atoms with Gasteiger partial charge in [0.1, 0.15) is 11.5 Å². The van der Waals surface area contributed by atoms with Crippen LogP contribution in [0, 0.1) is 0 Å². The van der Waals surface area contributed by atoms with Crippen molar-refractivity contribution >= 4 is 14.5 Å². The molecule has 4 nitrogen and oxygen atoms in total. The summed E-state index contributed by atoms with van der Waals surface area (Å²) in [7, 11) is -2.12. The van der Waals surface area contributed by atoms with Crippen molar-refractivity contribution < 1.29 is 14.6 Å². The summed E-state index contributed by atoms with van der Waals surface area (Å²) in [5.41, 5.74) is 2.01. The Morgan fingerprint density at radius 1 is 0.966 bits per heavy atom. The lowest BCUT2D eigenvalue weighted by Crippen LogP contribution is -2.50. The van der Waals surface area contributed by atoms with E-state index in [-0.39, 0.29) is 17.8 Å². The molecular weight excluding hydrogens is 378 g/mol. The first kappa shape index (κ1) is 25.7. The third kappa shape index (κ3) is 5.85. The number of benzene rings is 1. The lowest BCUT2D eigenvalue weighted by atomic mass is 9.85. The van der Waals surface area contributed by atoms with Crippen LogP contribution in [0.5, 0.6) is 11.5 Å².